The fourth-order valence-corrected chi connectivity index (χ4v) is 6.00. The number of rotatable bonds is 9. The van der Waals surface area contributed by atoms with Crippen LogP contribution in [0.3, 0.4) is 0 Å². The van der Waals surface area contributed by atoms with Crippen molar-refractivity contribution in [2.45, 2.75) is 51.9 Å². The van der Waals surface area contributed by atoms with Gasteiger partial charge in [-0.15, -0.1) is 0 Å². The van der Waals surface area contributed by atoms with Crippen molar-refractivity contribution >= 4 is 19.4 Å². The van der Waals surface area contributed by atoms with Gasteiger partial charge in [-0.05, 0) is 37.3 Å². The third kappa shape index (κ3) is 3.61. The fraction of sp³-hybridized carbons (Fsp3) is 0.524. The molecule has 1 aliphatic carbocycles. The SMILES string of the molecule is CCCCCC[C@H]1CCC(N2C(=O)c3ccccc3C2=O)=C1P(=O)(OC)OC. The molecular formula is C21H28NO5P. The Morgan fingerprint density at radius 1 is 1.04 bits per heavy atom. The van der Waals surface area contributed by atoms with E-state index in [0.717, 1.165) is 38.5 Å². The van der Waals surface area contributed by atoms with Crippen LogP contribution in [-0.2, 0) is 13.6 Å². The summed E-state index contributed by atoms with van der Waals surface area (Å²) in [6.07, 6.45) is 6.50. The number of hydrogen-bond donors (Lipinski definition) is 0. The quantitative estimate of drug-likeness (QED) is 0.314. The molecule has 0 aromatic heterocycles. The van der Waals surface area contributed by atoms with Gasteiger partial charge in [0.15, 0.2) is 0 Å². The van der Waals surface area contributed by atoms with Crippen molar-refractivity contribution in [2.75, 3.05) is 14.2 Å². The smallest absolute Gasteiger partial charge is 0.309 e. The summed E-state index contributed by atoms with van der Waals surface area (Å²) < 4.78 is 23.9. The van der Waals surface area contributed by atoms with E-state index in [9.17, 15) is 14.2 Å². The maximum atomic E-state index is 13.4. The summed E-state index contributed by atoms with van der Waals surface area (Å²) >= 11 is 0. The largest absolute Gasteiger partial charge is 0.358 e. The number of carbonyl (C=O) groups is 2. The summed E-state index contributed by atoms with van der Waals surface area (Å²) in [4.78, 5) is 27.1. The molecule has 0 bridgehead atoms. The highest BCUT2D eigenvalue weighted by atomic mass is 31.2. The summed E-state index contributed by atoms with van der Waals surface area (Å²) in [7, 11) is -0.862. The van der Waals surface area contributed by atoms with Crippen LogP contribution in [0.1, 0.15) is 72.6 Å². The van der Waals surface area contributed by atoms with Gasteiger partial charge in [0.1, 0.15) is 0 Å². The first kappa shape index (κ1) is 21.0. The molecular weight excluding hydrogens is 377 g/mol. The van der Waals surface area contributed by atoms with Gasteiger partial charge in [-0.1, -0.05) is 44.7 Å². The van der Waals surface area contributed by atoms with E-state index in [1.807, 2.05) is 0 Å². The van der Waals surface area contributed by atoms with Crippen LogP contribution in [0.15, 0.2) is 35.3 Å². The zero-order valence-corrected chi connectivity index (χ0v) is 17.7. The van der Waals surface area contributed by atoms with Crippen LogP contribution in [0, 0.1) is 5.92 Å². The van der Waals surface area contributed by atoms with E-state index in [4.69, 9.17) is 9.05 Å². The lowest BCUT2D eigenvalue weighted by atomic mass is 10.0. The monoisotopic (exact) mass is 405 g/mol. The predicted molar refractivity (Wildman–Crippen MR) is 107 cm³/mol. The first-order valence-corrected chi connectivity index (χ1v) is 11.5. The number of imide groups is 1. The molecule has 1 aliphatic heterocycles. The Bertz CT molecular complexity index is 804. The topological polar surface area (TPSA) is 72.9 Å². The Morgan fingerprint density at radius 2 is 1.64 bits per heavy atom. The van der Waals surface area contributed by atoms with Gasteiger partial charge >= 0.3 is 7.60 Å². The molecule has 2 amide bonds. The number of fused-ring (bicyclic) bond motifs is 1. The third-order valence-electron chi connectivity index (χ3n) is 5.66. The van der Waals surface area contributed by atoms with E-state index in [-0.39, 0.29) is 17.7 Å². The number of benzene rings is 1. The van der Waals surface area contributed by atoms with E-state index >= 15 is 0 Å². The number of allylic oxidation sites excluding steroid dienone is 2. The Kier molecular flexibility index (Phi) is 6.54. The highest BCUT2D eigenvalue weighted by Gasteiger charge is 2.46. The van der Waals surface area contributed by atoms with Gasteiger partial charge in [0.05, 0.1) is 16.4 Å². The lowest BCUT2D eigenvalue weighted by molar-refractivity contribution is 0.0700. The van der Waals surface area contributed by atoms with Crippen LogP contribution < -0.4 is 0 Å². The molecule has 28 heavy (non-hydrogen) atoms. The van der Waals surface area contributed by atoms with Crippen LogP contribution >= 0.6 is 7.60 Å². The second-order valence-electron chi connectivity index (χ2n) is 7.27. The minimum Gasteiger partial charge on any atom is -0.309 e. The summed E-state index contributed by atoms with van der Waals surface area (Å²) in [5, 5.41) is 0.503. The Morgan fingerprint density at radius 3 is 2.18 bits per heavy atom. The molecule has 1 heterocycles. The van der Waals surface area contributed by atoms with E-state index in [1.54, 1.807) is 24.3 Å². The maximum absolute atomic E-state index is 13.4. The standard InChI is InChI=1S/C21H28NO5P/c1-4-5-6-7-10-15-13-14-18(19(15)28(25,26-2)27-3)22-20(23)16-11-8-9-12-17(16)21(22)24/h8-9,11-12,15H,4-7,10,13-14H2,1-3H3/t15-/m0/s1. The van der Waals surface area contributed by atoms with Crippen LogP contribution in [0.25, 0.3) is 0 Å². The molecule has 1 aromatic rings. The van der Waals surface area contributed by atoms with E-state index < -0.39 is 7.60 Å². The predicted octanol–water partition coefficient (Wildman–Crippen LogP) is 5.36. The number of carbonyl (C=O) groups excluding carboxylic acids is 2. The molecule has 0 saturated heterocycles. The molecule has 152 valence electrons. The molecule has 0 radical (unpaired) electrons. The molecule has 1 aromatic carbocycles. The van der Waals surface area contributed by atoms with Gasteiger partial charge in [0.2, 0.25) is 0 Å². The Labute approximate surface area is 166 Å². The summed E-state index contributed by atoms with van der Waals surface area (Å²) in [5.74, 6) is -0.737. The molecule has 1 atom stereocenters. The summed E-state index contributed by atoms with van der Waals surface area (Å²) in [6.45, 7) is 2.16. The van der Waals surface area contributed by atoms with Crippen molar-refractivity contribution in [1.82, 2.24) is 4.90 Å². The highest BCUT2D eigenvalue weighted by Crippen LogP contribution is 2.63. The number of hydrogen-bond acceptors (Lipinski definition) is 5. The zero-order chi connectivity index (χ0) is 20.3. The molecule has 6 nitrogen and oxygen atoms in total. The van der Waals surface area contributed by atoms with Crippen LogP contribution in [0.2, 0.25) is 0 Å². The lowest BCUT2D eigenvalue weighted by Crippen LogP contribution is -2.29. The summed E-state index contributed by atoms with van der Waals surface area (Å²) in [5.41, 5.74) is 1.27. The molecule has 2 aliphatic rings. The van der Waals surface area contributed by atoms with E-state index in [1.165, 1.54) is 19.1 Å². The first-order chi connectivity index (χ1) is 13.5. The van der Waals surface area contributed by atoms with E-state index in [0.29, 0.717) is 28.6 Å². The van der Waals surface area contributed by atoms with Crippen molar-refractivity contribution < 1.29 is 23.2 Å². The van der Waals surface area contributed by atoms with Gasteiger partial charge in [0.25, 0.3) is 11.8 Å². The summed E-state index contributed by atoms with van der Waals surface area (Å²) in [6, 6.07) is 6.78. The molecule has 0 N–H and O–H groups in total. The normalized spacial score (nSPS) is 19.7. The number of unbranched alkanes of at least 4 members (excludes halogenated alkanes) is 3. The van der Waals surface area contributed by atoms with Crippen molar-refractivity contribution in [2.24, 2.45) is 5.92 Å². The Hall–Kier alpha value is -1.75. The minimum atomic E-state index is -3.56. The Balaban J connectivity index is 1.99. The molecule has 7 heteroatoms. The lowest BCUT2D eigenvalue weighted by Gasteiger charge is -2.24. The van der Waals surface area contributed by atoms with Gasteiger partial charge < -0.3 is 9.05 Å². The van der Waals surface area contributed by atoms with Crippen molar-refractivity contribution in [3.8, 4) is 0 Å². The molecule has 3 rings (SSSR count). The molecule has 0 saturated carbocycles. The fourth-order valence-electron chi connectivity index (χ4n) is 4.22. The minimum absolute atomic E-state index is 0.0121. The molecule has 0 spiro atoms. The van der Waals surface area contributed by atoms with Gasteiger partial charge in [-0.25, -0.2) is 4.90 Å². The van der Waals surface area contributed by atoms with Crippen LogP contribution in [-0.4, -0.2) is 30.9 Å². The van der Waals surface area contributed by atoms with Gasteiger partial charge in [0, 0.05) is 19.9 Å². The average Bonchev–Trinajstić information content (AvgIpc) is 3.24. The van der Waals surface area contributed by atoms with Crippen molar-refractivity contribution in [3.63, 3.8) is 0 Å². The average molecular weight is 405 g/mol. The molecule has 0 unspecified atom stereocenters. The second kappa shape index (κ2) is 8.73. The van der Waals surface area contributed by atoms with E-state index in [2.05, 4.69) is 6.92 Å². The second-order valence-corrected chi connectivity index (χ2v) is 9.48. The molecule has 0 fully saturated rings. The van der Waals surface area contributed by atoms with Gasteiger partial charge in [-0.2, -0.15) is 0 Å². The number of amides is 2. The van der Waals surface area contributed by atoms with Crippen LogP contribution in [0.4, 0.5) is 0 Å². The third-order valence-corrected chi connectivity index (χ3v) is 7.83. The first-order valence-electron chi connectivity index (χ1n) is 9.91. The van der Waals surface area contributed by atoms with Gasteiger partial charge in [-0.3, -0.25) is 14.2 Å². The highest BCUT2D eigenvalue weighted by molar-refractivity contribution is 7.58. The number of nitrogens with zero attached hydrogens (tertiary/aromatic N) is 1. The maximum Gasteiger partial charge on any atom is 0.358 e. The zero-order valence-electron chi connectivity index (χ0n) is 16.8. The van der Waals surface area contributed by atoms with Crippen molar-refractivity contribution in [1.29, 1.82) is 0 Å². The van der Waals surface area contributed by atoms with Crippen LogP contribution in [0.5, 0.6) is 0 Å². The van der Waals surface area contributed by atoms with Crippen molar-refractivity contribution in [3.05, 3.63) is 46.4 Å².